The first-order valence-electron chi connectivity index (χ1n) is 8.84. The van der Waals surface area contributed by atoms with Gasteiger partial charge in [-0.2, -0.15) is 4.31 Å². The number of rotatable bonds is 6. The molecule has 0 aromatic heterocycles. The topological polar surface area (TPSA) is 72.9 Å². The number of esters is 1. The summed E-state index contributed by atoms with van der Waals surface area (Å²) in [7, 11) is -2.60. The number of benzene rings is 2. The summed E-state index contributed by atoms with van der Waals surface area (Å²) < 4.78 is 51.4. The number of hydrogen-bond acceptors (Lipinski definition) is 5. The van der Waals surface area contributed by atoms with Crippen LogP contribution in [-0.2, 0) is 25.3 Å². The van der Waals surface area contributed by atoms with Crippen LogP contribution in [0.25, 0.3) is 0 Å². The Bertz CT molecular complexity index is 963. The quantitative estimate of drug-likeness (QED) is 0.689. The standard InChI is InChI=1S/C20H22FNO5S/c1-14-6-5-7-15(10-14)13-28(24,25)22-12-16(11-18(22)20(23)26-2)27-19-9-4-3-8-17(19)21/h3-10,16,18H,11-13H2,1-2H3. The first-order valence-corrected chi connectivity index (χ1v) is 10.4. The summed E-state index contributed by atoms with van der Waals surface area (Å²) in [6.45, 7) is 1.82. The highest BCUT2D eigenvalue weighted by Crippen LogP contribution is 2.29. The van der Waals surface area contributed by atoms with Crippen LogP contribution in [0.2, 0.25) is 0 Å². The molecule has 1 saturated heterocycles. The van der Waals surface area contributed by atoms with E-state index >= 15 is 0 Å². The first kappa shape index (κ1) is 20.3. The number of para-hydroxylation sites is 1. The van der Waals surface area contributed by atoms with Gasteiger partial charge in [0, 0.05) is 6.42 Å². The molecule has 1 heterocycles. The van der Waals surface area contributed by atoms with Crippen molar-refractivity contribution in [3.63, 3.8) is 0 Å². The van der Waals surface area contributed by atoms with Gasteiger partial charge in [0.2, 0.25) is 10.0 Å². The third-order valence-corrected chi connectivity index (χ3v) is 6.43. The molecule has 1 fully saturated rings. The Morgan fingerprint density at radius 2 is 1.96 bits per heavy atom. The van der Waals surface area contributed by atoms with Gasteiger partial charge in [-0.15, -0.1) is 0 Å². The number of methoxy groups -OCH3 is 1. The highest BCUT2D eigenvalue weighted by atomic mass is 32.2. The maximum atomic E-state index is 13.9. The Balaban J connectivity index is 1.82. The molecule has 8 heteroatoms. The fourth-order valence-corrected chi connectivity index (χ4v) is 5.05. The van der Waals surface area contributed by atoms with Crippen molar-refractivity contribution in [1.82, 2.24) is 4.31 Å². The van der Waals surface area contributed by atoms with E-state index in [1.54, 1.807) is 24.3 Å². The molecule has 3 rings (SSSR count). The van der Waals surface area contributed by atoms with Crippen molar-refractivity contribution < 1.29 is 27.1 Å². The van der Waals surface area contributed by atoms with E-state index < -0.39 is 34.0 Å². The molecule has 0 spiro atoms. The van der Waals surface area contributed by atoms with E-state index in [-0.39, 0.29) is 24.5 Å². The van der Waals surface area contributed by atoms with Gasteiger partial charge in [0.25, 0.3) is 0 Å². The van der Waals surface area contributed by atoms with Gasteiger partial charge in [-0.1, -0.05) is 42.0 Å². The molecule has 2 atom stereocenters. The number of aryl methyl sites for hydroxylation is 1. The maximum Gasteiger partial charge on any atom is 0.324 e. The number of carbonyl (C=O) groups is 1. The van der Waals surface area contributed by atoms with E-state index in [4.69, 9.17) is 9.47 Å². The van der Waals surface area contributed by atoms with Crippen molar-refractivity contribution in [3.05, 3.63) is 65.5 Å². The van der Waals surface area contributed by atoms with Crippen LogP contribution in [0.4, 0.5) is 4.39 Å². The van der Waals surface area contributed by atoms with Crippen molar-refractivity contribution in [1.29, 1.82) is 0 Å². The molecule has 28 heavy (non-hydrogen) atoms. The second-order valence-corrected chi connectivity index (χ2v) is 8.68. The van der Waals surface area contributed by atoms with Gasteiger partial charge in [-0.25, -0.2) is 12.8 Å². The molecular weight excluding hydrogens is 385 g/mol. The van der Waals surface area contributed by atoms with E-state index in [2.05, 4.69) is 0 Å². The summed E-state index contributed by atoms with van der Waals surface area (Å²) in [6.07, 6.45) is -0.568. The van der Waals surface area contributed by atoms with Crippen LogP contribution in [0.15, 0.2) is 48.5 Å². The molecule has 2 aromatic carbocycles. The van der Waals surface area contributed by atoms with Crippen molar-refractivity contribution in [2.24, 2.45) is 0 Å². The Hall–Kier alpha value is -2.45. The molecule has 2 aromatic rings. The molecule has 150 valence electrons. The van der Waals surface area contributed by atoms with Crippen LogP contribution in [0.5, 0.6) is 5.75 Å². The molecule has 6 nitrogen and oxygen atoms in total. The predicted octanol–water partition coefficient (Wildman–Crippen LogP) is 2.66. The third-order valence-electron chi connectivity index (χ3n) is 4.61. The van der Waals surface area contributed by atoms with E-state index in [9.17, 15) is 17.6 Å². The lowest BCUT2D eigenvalue weighted by Gasteiger charge is -2.22. The number of halogens is 1. The van der Waals surface area contributed by atoms with Gasteiger partial charge < -0.3 is 9.47 Å². The minimum absolute atomic E-state index is 0.0223. The SMILES string of the molecule is COC(=O)C1CC(Oc2ccccc2F)CN1S(=O)(=O)Cc1cccc(C)c1. The summed E-state index contributed by atoms with van der Waals surface area (Å²) in [4.78, 5) is 12.2. The summed E-state index contributed by atoms with van der Waals surface area (Å²) in [5.41, 5.74) is 1.57. The lowest BCUT2D eigenvalue weighted by Crippen LogP contribution is -2.41. The smallest absolute Gasteiger partial charge is 0.324 e. The zero-order valence-electron chi connectivity index (χ0n) is 15.7. The van der Waals surface area contributed by atoms with Crippen molar-refractivity contribution in [3.8, 4) is 5.75 Å². The fourth-order valence-electron chi connectivity index (χ4n) is 3.33. The molecule has 1 aliphatic heterocycles. The number of carbonyl (C=O) groups excluding carboxylic acids is 1. The lowest BCUT2D eigenvalue weighted by molar-refractivity contribution is -0.144. The molecule has 2 unspecified atom stereocenters. The Morgan fingerprint density at radius 1 is 1.21 bits per heavy atom. The molecule has 0 radical (unpaired) electrons. The monoisotopic (exact) mass is 407 g/mol. The van der Waals surface area contributed by atoms with Gasteiger partial charge in [0.05, 0.1) is 19.4 Å². The minimum Gasteiger partial charge on any atom is -0.486 e. The second-order valence-electron chi connectivity index (χ2n) is 6.76. The van der Waals surface area contributed by atoms with Gasteiger partial charge in [-0.3, -0.25) is 4.79 Å². The summed E-state index contributed by atoms with van der Waals surface area (Å²) in [5, 5.41) is 0. The highest BCUT2D eigenvalue weighted by Gasteiger charge is 2.45. The Kier molecular flexibility index (Phi) is 6.00. The van der Waals surface area contributed by atoms with E-state index in [0.717, 1.165) is 9.87 Å². The van der Waals surface area contributed by atoms with Crippen LogP contribution >= 0.6 is 0 Å². The van der Waals surface area contributed by atoms with Gasteiger partial charge >= 0.3 is 5.97 Å². The lowest BCUT2D eigenvalue weighted by atomic mass is 10.2. The molecule has 0 N–H and O–H groups in total. The van der Waals surface area contributed by atoms with E-state index in [1.807, 2.05) is 13.0 Å². The van der Waals surface area contributed by atoms with E-state index in [0.29, 0.717) is 5.56 Å². The van der Waals surface area contributed by atoms with Crippen LogP contribution in [0.1, 0.15) is 17.5 Å². The zero-order valence-corrected chi connectivity index (χ0v) is 16.5. The van der Waals surface area contributed by atoms with Gasteiger partial charge in [0.15, 0.2) is 11.6 Å². The molecule has 0 bridgehead atoms. The first-order chi connectivity index (χ1) is 13.3. The van der Waals surface area contributed by atoms with Crippen LogP contribution in [-0.4, -0.2) is 44.5 Å². The van der Waals surface area contributed by atoms with Crippen molar-refractivity contribution >= 4 is 16.0 Å². The van der Waals surface area contributed by atoms with Crippen LogP contribution in [0, 0.1) is 12.7 Å². The fraction of sp³-hybridized carbons (Fsp3) is 0.350. The summed E-state index contributed by atoms with van der Waals surface area (Å²) in [6, 6.07) is 12.0. The Morgan fingerprint density at radius 3 is 2.64 bits per heavy atom. The van der Waals surface area contributed by atoms with Crippen molar-refractivity contribution in [2.45, 2.75) is 31.2 Å². The van der Waals surface area contributed by atoms with Gasteiger partial charge in [0.1, 0.15) is 12.1 Å². The maximum absolute atomic E-state index is 13.9. The molecule has 0 saturated carbocycles. The molecule has 1 aliphatic rings. The number of hydrogen-bond donors (Lipinski definition) is 0. The minimum atomic E-state index is -3.81. The normalized spacial score (nSPS) is 20.1. The number of sulfonamides is 1. The number of nitrogens with zero attached hydrogens (tertiary/aromatic N) is 1. The van der Waals surface area contributed by atoms with Crippen LogP contribution in [0.3, 0.4) is 0 Å². The zero-order chi connectivity index (χ0) is 20.3. The molecule has 0 aliphatic carbocycles. The molecular formula is C20H22FNO5S. The third kappa shape index (κ3) is 4.51. The van der Waals surface area contributed by atoms with Crippen LogP contribution < -0.4 is 4.74 Å². The summed E-state index contributed by atoms with van der Waals surface area (Å²) >= 11 is 0. The summed E-state index contributed by atoms with van der Waals surface area (Å²) in [5.74, 6) is -1.42. The predicted molar refractivity (Wildman–Crippen MR) is 102 cm³/mol. The average molecular weight is 407 g/mol. The average Bonchev–Trinajstić information content (AvgIpc) is 3.07. The van der Waals surface area contributed by atoms with Crippen molar-refractivity contribution in [2.75, 3.05) is 13.7 Å². The largest absolute Gasteiger partial charge is 0.486 e. The highest BCUT2D eigenvalue weighted by molar-refractivity contribution is 7.88. The van der Waals surface area contributed by atoms with Gasteiger partial charge in [-0.05, 0) is 24.6 Å². The second kappa shape index (κ2) is 8.28. The Labute approximate surface area is 163 Å². The van der Waals surface area contributed by atoms with E-state index in [1.165, 1.54) is 25.3 Å². The molecule has 0 amide bonds. The number of ether oxygens (including phenoxy) is 2.